The molecule has 12 nitrogen and oxygen atoms in total. The standard InChI is InChI=1S/C22H16N4O8/c1-33-19-8-4-15(5-9-19)21(27)24-23-13-14-2-6-20(7-3-14)34-22(28)16-10-17(25(29)30)12-18(11-16)26(31)32/h2-13H,1H3,(H,24,27). The predicted octanol–water partition coefficient (Wildman–Crippen LogP) is 3.49. The van der Waals surface area contributed by atoms with Crippen LogP contribution in [0.5, 0.6) is 11.5 Å². The van der Waals surface area contributed by atoms with E-state index in [1.54, 1.807) is 36.4 Å². The van der Waals surface area contributed by atoms with Gasteiger partial charge in [0, 0.05) is 17.7 Å². The lowest BCUT2D eigenvalue weighted by Gasteiger charge is -2.05. The molecule has 0 atom stereocenters. The zero-order valence-corrected chi connectivity index (χ0v) is 17.5. The summed E-state index contributed by atoms with van der Waals surface area (Å²) in [5.74, 6) is -0.710. The number of carbonyl (C=O) groups excluding carboxylic acids is 2. The Kier molecular flexibility index (Phi) is 7.24. The molecule has 0 spiro atoms. The Balaban J connectivity index is 1.63. The number of methoxy groups -OCH3 is 1. The van der Waals surface area contributed by atoms with Crippen LogP contribution >= 0.6 is 0 Å². The van der Waals surface area contributed by atoms with Crippen molar-refractivity contribution in [1.82, 2.24) is 5.43 Å². The van der Waals surface area contributed by atoms with E-state index >= 15 is 0 Å². The summed E-state index contributed by atoms with van der Waals surface area (Å²) in [6.45, 7) is 0. The molecule has 0 fully saturated rings. The van der Waals surface area contributed by atoms with Crippen LogP contribution in [0.2, 0.25) is 0 Å². The van der Waals surface area contributed by atoms with Crippen molar-refractivity contribution in [2.75, 3.05) is 7.11 Å². The van der Waals surface area contributed by atoms with Crippen LogP contribution in [0, 0.1) is 20.2 Å². The minimum Gasteiger partial charge on any atom is -0.497 e. The van der Waals surface area contributed by atoms with Crippen molar-refractivity contribution in [2.24, 2.45) is 5.10 Å². The Morgan fingerprint density at radius 3 is 1.94 bits per heavy atom. The van der Waals surface area contributed by atoms with E-state index in [1.807, 2.05) is 0 Å². The van der Waals surface area contributed by atoms with Gasteiger partial charge in [-0.15, -0.1) is 0 Å². The molecule has 0 unspecified atom stereocenters. The number of non-ortho nitro benzene ring substituents is 2. The molecule has 12 heteroatoms. The maximum atomic E-state index is 12.3. The lowest BCUT2D eigenvalue weighted by atomic mass is 10.1. The molecule has 0 saturated heterocycles. The first-order chi connectivity index (χ1) is 16.3. The van der Waals surface area contributed by atoms with Crippen molar-refractivity contribution in [3.05, 3.63) is 104 Å². The molecule has 0 aromatic heterocycles. The van der Waals surface area contributed by atoms with Gasteiger partial charge in [-0.3, -0.25) is 25.0 Å². The summed E-state index contributed by atoms with van der Waals surface area (Å²) < 4.78 is 10.2. The number of rotatable bonds is 8. The molecule has 34 heavy (non-hydrogen) atoms. The number of carbonyl (C=O) groups is 2. The molecule has 1 amide bonds. The van der Waals surface area contributed by atoms with Crippen molar-refractivity contribution in [1.29, 1.82) is 0 Å². The van der Waals surface area contributed by atoms with Crippen molar-refractivity contribution < 1.29 is 28.9 Å². The van der Waals surface area contributed by atoms with Gasteiger partial charge in [0.05, 0.1) is 34.8 Å². The Labute approximate surface area is 191 Å². The molecule has 0 heterocycles. The summed E-state index contributed by atoms with van der Waals surface area (Å²) in [6, 6.07) is 14.9. The van der Waals surface area contributed by atoms with E-state index in [0.29, 0.717) is 16.9 Å². The van der Waals surface area contributed by atoms with Crippen LogP contribution in [0.3, 0.4) is 0 Å². The largest absolute Gasteiger partial charge is 0.497 e. The summed E-state index contributed by atoms with van der Waals surface area (Å²) in [4.78, 5) is 44.6. The molecule has 3 rings (SSSR count). The van der Waals surface area contributed by atoms with Crippen molar-refractivity contribution in [3.8, 4) is 11.5 Å². The molecule has 0 bridgehead atoms. The highest BCUT2D eigenvalue weighted by Crippen LogP contribution is 2.24. The van der Waals surface area contributed by atoms with Crippen LogP contribution in [-0.2, 0) is 0 Å². The van der Waals surface area contributed by atoms with Gasteiger partial charge < -0.3 is 9.47 Å². The second-order valence-corrected chi connectivity index (χ2v) is 6.64. The number of nitro benzene ring substituents is 2. The van der Waals surface area contributed by atoms with Gasteiger partial charge in [-0.2, -0.15) is 5.10 Å². The Bertz CT molecular complexity index is 1240. The van der Waals surface area contributed by atoms with Crippen LogP contribution in [0.15, 0.2) is 71.8 Å². The van der Waals surface area contributed by atoms with Crippen LogP contribution in [-0.4, -0.2) is 35.0 Å². The Hall–Kier alpha value is -5.13. The third kappa shape index (κ3) is 5.97. The van der Waals surface area contributed by atoms with Crippen LogP contribution in [0.4, 0.5) is 11.4 Å². The average Bonchev–Trinajstić information content (AvgIpc) is 2.84. The minimum absolute atomic E-state index is 0.0959. The summed E-state index contributed by atoms with van der Waals surface area (Å²) in [7, 11) is 1.52. The maximum absolute atomic E-state index is 12.3. The first kappa shape index (κ1) is 23.5. The maximum Gasteiger partial charge on any atom is 0.344 e. The van der Waals surface area contributed by atoms with Gasteiger partial charge >= 0.3 is 5.97 Å². The predicted molar refractivity (Wildman–Crippen MR) is 119 cm³/mol. The summed E-state index contributed by atoms with van der Waals surface area (Å²) in [6.07, 6.45) is 1.37. The number of hydrogen-bond acceptors (Lipinski definition) is 9. The second-order valence-electron chi connectivity index (χ2n) is 6.64. The summed E-state index contributed by atoms with van der Waals surface area (Å²) in [5, 5.41) is 25.8. The van der Waals surface area contributed by atoms with Gasteiger partial charge in [-0.1, -0.05) is 0 Å². The van der Waals surface area contributed by atoms with E-state index in [4.69, 9.17) is 9.47 Å². The number of esters is 1. The molecule has 0 saturated carbocycles. The number of nitrogens with one attached hydrogen (secondary N) is 1. The molecular formula is C22H16N4O8. The molecule has 0 radical (unpaired) electrons. The molecule has 3 aromatic carbocycles. The fourth-order valence-electron chi connectivity index (χ4n) is 2.68. The van der Waals surface area contributed by atoms with Gasteiger partial charge in [0.1, 0.15) is 11.5 Å². The van der Waals surface area contributed by atoms with Gasteiger partial charge in [0.15, 0.2) is 0 Å². The fraction of sp³-hybridized carbons (Fsp3) is 0.0455. The Morgan fingerprint density at radius 2 is 1.41 bits per heavy atom. The smallest absolute Gasteiger partial charge is 0.344 e. The number of amides is 1. The van der Waals surface area contributed by atoms with E-state index in [9.17, 15) is 29.8 Å². The summed E-state index contributed by atoms with van der Waals surface area (Å²) in [5.41, 5.74) is 1.78. The average molecular weight is 464 g/mol. The van der Waals surface area contributed by atoms with Gasteiger partial charge in [0.2, 0.25) is 0 Å². The third-order valence-corrected chi connectivity index (χ3v) is 4.38. The highest BCUT2D eigenvalue weighted by Gasteiger charge is 2.21. The normalized spacial score (nSPS) is 10.5. The van der Waals surface area contributed by atoms with E-state index in [2.05, 4.69) is 10.5 Å². The minimum atomic E-state index is -1.00. The topological polar surface area (TPSA) is 163 Å². The molecule has 0 aliphatic rings. The van der Waals surface area contributed by atoms with E-state index < -0.39 is 33.1 Å². The molecule has 0 aliphatic carbocycles. The van der Waals surface area contributed by atoms with Crippen LogP contribution in [0.25, 0.3) is 0 Å². The van der Waals surface area contributed by atoms with Crippen LogP contribution in [0.1, 0.15) is 26.3 Å². The highest BCUT2D eigenvalue weighted by atomic mass is 16.6. The zero-order valence-electron chi connectivity index (χ0n) is 17.5. The molecular weight excluding hydrogens is 448 g/mol. The molecule has 172 valence electrons. The van der Waals surface area contributed by atoms with E-state index in [-0.39, 0.29) is 11.3 Å². The lowest BCUT2D eigenvalue weighted by Crippen LogP contribution is -2.17. The molecule has 0 aliphatic heterocycles. The third-order valence-electron chi connectivity index (χ3n) is 4.38. The molecule has 3 aromatic rings. The van der Waals surface area contributed by atoms with E-state index in [0.717, 1.165) is 18.2 Å². The number of hydrogen-bond donors (Lipinski definition) is 1. The first-order valence-corrected chi connectivity index (χ1v) is 9.50. The number of ether oxygens (including phenoxy) is 2. The monoisotopic (exact) mass is 464 g/mol. The van der Waals surface area contributed by atoms with Gasteiger partial charge in [-0.25, -0.2) is 10.2 Å². The van der Waals surface area contributed by atoms with E-state index in [1.165, 1.54) is 25.5 Å². The SMILES string of the molecule is COc1ccc(C(=O)NN=Cc2ccc(OC(=O)c3cc([N+](=O)[O-])cc([N+](=O)[O-])c3)cc2)cc1. The number of benzene rings is 3. The number of nitrogens with zero attached hydrogens (tertiary/aromatic N) is 3. The second kappa shape index (κ2) is 10.5. The quantitative estimate of drug-likeness (QED) is 0.174. The fourth-order valence-corrected chi connectivity index (χ4v) is 2.68. The number of hydrazone groups is 1. The zero-order chi connectivity index (χ0) is 24.7. The first-order valence-electron chi connectivity index (χ1n) is 9.50. The van der Waals surface area contributed by atoms with Crippen LogP contribution < -0.4 is 14.9 Å². The molecule has 1 N–H and O–H groups in total. The van der Waals surface area contributed by atoms with Crippen molar-refractivity contribution in [3.63, 3.8) is 0 Å². The van der Waals surface area contributed by atoms with Crippen molar-refractivity contribution in [2.45, 2.75) is 0 Å². The van der Waals surface area contributed by atoms with Gasteiger partial charge in [0.25, 0.3) is 17.3 Å². The lowest BCUT2D eigenvalue weighted by molar-refractivity contribution is -0.394. The Morgan fingerprint density at radius 1 is 0.853 bits per heavy atom. The summed E-state index contributed by atoms with van der Waals surface area (Å²) >= 11 is 0. The highest BCUT2D eigenvalue weighted by molar-refractivity contribution is 5.95. The number of nitro groups is 2. The van der Waals surface area contributed by atoms with Crippen molar-refractivity contribution >= 4 is 29.5 Å². The van der Waals surface area contributed by atoms with Gasteiger partial charge in [-0.05, 0) is 54.1 Å².